The molecule has 0 bridgehead atoms. The number of terminal acetylenes is 1. The zero-order valence-electron chi connectivity index (χ0n) is 7.06. The second-order valence-electron chi connectivity index (χ2n) is 2.72. The molecule has 13 heavy (non-hydrogen) atoms. The van der Waals surface area contributed by atoms with Gasteiger partial charge in [0.2, 0.25) is 5.91 Å². The molecule has 5 nitrogen and oxygen atoms in total. The van der Waals surface area contributed by atoms with Crippen LogP contribution >= 0.6 is 0 Å². The predicted octanol–water partition coefficient (Wildman–Crippen LogP) is -0.558. The summed E-state index contributed by atoms with van der Waals surface area (Å²) < 4.78 is 0. The van der Waals surface area contributed by atoms with E-state index in [4.69, 9.17) is 11.5 Å². The van der Waals surface area contributed by atoms with Crippen LogP contribution in [0.4, 0.5) is 4.79 Å². The lowest BCUT2D eigenvalue weighted by molar-refractivity contribution is -0.134. The van der Waals surface area contributed by atoms with Gasteiger partial charge in [-0.15, -0.1) is 6.42 Å². The largest absolute Gasteiger partial charge is 0.465 e. The number of carbonyl (C=O) groups excluding carboxylic acids is 1. The number of piperazine rings is 1. The fourth-order valence-corrected chi connectivity index (χ4v) is 1.15. The summed E-state index contributed by atoms with van der Waals surface area (Å²) in [7, 11) is 0. The van der Waals surface area contributed by atoms with Gasteiger partial charge in [0.1, 0.15) is 6.54 Å². The van der Waals surface area contributed by atoms with Crippen LogP contribution in [0.25, 0.3) is 0 Å². The summed E-state index contributed by atoms with van der Waals surface area (Å²) >= 11 is 0. The Hall–Kier alpha value is -1.70. The summed E-state index contributed by atoms with van der Waals surface area (Å²) in [5.74, 6) is 2.12. The smallest absolute Gasteiger partial charge is 0.407 e. The first-order valence-corrected chi connectivity index (χ1v) is 3.84. The fraction of sp³-hybridized carbons (Fsp3) is 0.500. The molecule has 1 fully saturated rings. The van der Waals surface area contributed by atoms with E-state index >= 15 is 0 Å². The molecule has 1 aliphatic heterocycles. The van der Waals surface area contributed by atoms with Crippen molar-refractivity contribution in [1.82, 2.24) is 9.80 Å². The number of carbonyl (C=O) groups is 2. The minimum atomic E-state index is -1.06. The maximum atomic E-state index is 11.2. The SMILES string of the molecule is C#CCN1CCN(C(=O)O)CC1=O. The Bertz CT molecular complexity index is 269. The molecule has 0 saturated carbocycles. The summed E-state index contributed by atoms with van der Waals surface area (Å²) in [5.41, 5.74) is 0. The highest BCUT2D eigenvalue weighted by molar-refractivity contribution is 5.83. The third-order valence-electron chi connectivity index (χ3n) is 1.87. The van der Waals surface area contributed by atoms with Gasteiger partial charge in [0.05, 0.1) is 6.54 Å². The Morgan fingerprint density at radius 3 is 2.77 bits per heavy atom. The Morgan fingerprint density at radius 2 is 2.31 bits per heavy atom. The molecule has 1 heterocycles. The predicted molar refractivity (Wildman–Crippen MR) is 45.0 cm³/mol. The van der Waals surface area contributed by atoms with E-state index in [1.807, 2.05) is 0 Å². The first-order valence-electron chi connectivity index (χ1n) is 3.84. The monoisotopic (exact) mass is 182 g/mol. The normalized spacial score (nSPS) is 17.0. The van der Waals surface area contributed by atoms with Crippen molar-refractivity contribution in [3.05, 3.63) is 0 Å². The molecule has 0 aromatic rings. The van der Waals surface area contributed by atoms with Crippen LogP contribution in [0.2, 0.25) is 0 Å². The maximum Gasteiger partial charge on any atom is 0.407 e. The molecule has 0 radical (unpaired) electrons. The highest BCUT2D eigenvalue weighted by atomic mass is 16.4. The summed E-state index contributed by atoms with van der Waals surface area (Å²) in [6.45, 7) is 0.890. The van der Waals surface area contributed by atoms with Gasteiger partial charge in [0, 0.05) is 13.1 Å². The van der Waals surface area contributed by atoms with Crippen LogP contribution in [0.15, 0.2) is 0 Å². The van der Waals surface area contributed by atoms with E-state index in [0.29, 0.717) is 13.1 Å². The second kappa shape index (κ2) is 3.81. The standard InChI is InChI=1S/C8H10N2O3/c1-2-3-9-4-5-10(8(12)13)6-7(9)11/h1H,3-6H2,(H,12,13). The van der Waals surface area contributed by atoms with Gasteiger partial charge < -0.3 is 10.0 Å². The zero-order chi connectivity index (χ0) is 9.84. The summed E-state index contributed by atoms with van der Waals surface area (Å²) in [5, 5.41) is 8.59. The van der Waals surface area contributed by atoms with E-state index in [-0.39, 0.29) is 19.0 Å². The van der Waals surface area contributed by atoms with Crippen LogP contribution in [-0.4, -0.2) is 53.1 Å². The Kier molecular flexibility index (Phi) is 2.75. The quantitative estimate of drug-likeness (QED) is 0.553. The van der Waals surface area contributed by atoms with Crippen molar-refractivity contribution in [2.75, 3.05) is 26.2 Å². The summed E-state index contributed by atoms with van der Waals surface area (Å²) in [4.78, 5) is 24.3. The van der Waals surface area contributed by atoms with Crippen molar-refractivity contribution < 1.29 is 14.7 Å². The average molecular weight is 182 g/mol. The third-order valence-corrected chi connectivity index (χ3v) is 1.87. The minimum absolute atomic E-state index is 0.0863. The summed E-state index contributed by atoms with van der Waals surface area (Å²) in [6, 6.07) is 0. The first-order chi connectivity index (χ1) is 6.15. The van der Waals surface area contributed by atoms with E-state index in [1.54, 1.807) is 0 Å². The van der Waals surface area contributed by atoms with Crippen molar-refractivity contribution in [2.24, 2.45) is 0 Å². The molecule has 1 saturated heterocycles. The number of hydrogen-bond acceptors (Lipinski definition) is 2. The number of rotatable bonds is 1. The number of amides is 2. The van der Waals surface area contributed by atoms with Crippen LogP contribution < -0.4 is 0 Å². The van der Waals surface area contributed by atoms with Gasteiger partial charge in [-0.3, -0.25) is 9.69 Å². The van der Waals surface area contributed by atoms with Crippen LogP contribution in [0, 0.1) is 12.3 Å². The summed E-state index contributed by atoms with van der Waals surface area (Å²) in [6.07, 6.45) is 3.98. The van der Waals surface area contributed by atoms with E-state index in [0.717, 1.165) is 4.90 Å². The van der Waals surface area contributed by atoms with Gasteiger partial charge in [-0.1, -0.05) is 5.92 Å². The lowest BCUT2D eigenvalue weighted by atomic mass is 10.3. The number of hydrogen-bond donors (Lipinski definition) is 1. The van der Waals surface area contributed by atoms with Crippen molar-refractivity contribution in [3.8, 4) is 12.3 Å². The highest BCUT2D eigenvalue weighted by Gasteiger charge is 2.25. The Labute approximate surface area is 75.9 Å². The lowest BCUT2D eigenvalue weighted by Crippen LogP contribution is -2.51. The van der Waals surface area contributed by atoms with Crippen molar-refractivity contribution in [1.29, 1.82) is 0 Å². The van der Waals surface area contributed by atoms with Gasteiger partial charge in [0.15, 0.2) is 0 Å². The lowest BCUT2D eigenvalue weighted by Gasteiger charge is -2.31. The molecule has 5 heteroatoms. The van der Waals surface area contributed by atoms with Crippen molar-refractivity contribution in [3.63, 3.8) is 0 Å². The van der Waals surface area contributed by atoms with Crippen LogP contribution in [0.5, 0.6) is 0 Å². The van der Waals surface area contributed by atoms with Gasteiger partial charge in [-0.25, -0.2) is 4.79 Å². The molecule has 1 rings (SSSR count). The minimum Gasteiger partial charge on any atom is -0.465 e. The molecular weight excluding hydrogens is 172 g/mol. The zero-order valence-corrected chi connectivity index (χ0v) is 7.06. The molecule has 0 aliphatic carbocycles. The van der Waals surface area contributed by atoms with Crippen molar-refractivity contribution in [2.45, 2.75) is 0 Å². The van der Waals surface area contributed by atoms with Crippen molar-refractivity contribution >= 4 is 12.0 Å². The average Bonchev–Trinajstić information content (AvgIpc) is 2.08. The Balaban J connectivity index is 2.52. The van der Waals surface area contributed by atoms with Gasteiger partial charge in [-0.2, -0.15) is 0 Å². The van der Waals surface area contributed by atoms with E-state index in [9.17, 15) is 9.59 Å². The molecular formula is C8H10N2O3. The molecule has 1 N–H and O–H groups in total. The fourth-order valence-electron chi connectivity index (χ4n) is 1.15. The topological polar surface area (TPSA) is 60.9 Å². The molecule has 2 amide bonds. The third kappa shape index (κ3) is 2.12. The Morgan fingerprint density at radius 1 is 1.62 bits per heavy atom. The molecule has 0 aromatic heterocycles. The molecule has 0 atom stereocenters. The van der Waals surface area contributed by atoms with Crippen LogP contribution in [-0.2, 0) is 4.79 Å². The van der Waals surface area contributed by atoms with Gasteiger partial charge in [-0.05, 0) is 0 Å². The second-order valence-corrected chi connectivity index (χ2v) is 2.72. The molecule has 0 unspecified atom stereocenters. The van der Waals surface area contributed by atoms with Gasteiger partial charge in [0.25, 0.3) is 0 Å². The molecule has 0 aromatic carbocycles. The number of carboxylic acid groups (broad SMARTS) is 1. The number of nitrogens with zero attached hydrogens (tertiary/aromatic N) is 2. The maximum absolute atomic E-state index is 11.2. The van der Waals surface area contributed by atoms with E-state index < -0.39 is 6.09 Å². The van der Waals surface area contributed by atoms with Crippen LogP contribution in [0.3, 0.4) is 0 Å². The molecule has 0 spiro atoms. The van der Waals surface area contributed by atoms with Crippen LogP contribution in [0.1, 0.15) is 0 Å². The van der Waals surface area contributed by atoms with Gasteiger partial charge >= 0.3 is 6.09 Å². The highest BCUT2D eigenvalue weighted by Crippen LogP contribution is 2.02. The first kappa shape index (κ1) is 9.39. The molecule has 70 valence electrons. The van der Waals surface area contributed by atoms with E-state index in [1.165, 1.54) is 4.90 Å². The molecule has 1 aliphatic rings. The van der Waals surface area contributed by atoms with E-state index in [2.05, 4.69) is 5.92 Å².